The molecule has 18 heavy (non-hydrogen) atoms. The lowest BCUT2D eigenvalue weighted by Crippen LogP contribution is -2.35. The first-order valence-electron chi connectivity index (χ1n) is 6.29. The SMILES string of the molecule is CCCS(=O)(=O)N(CCCN)c1ccccc1C. The molecule has 1 aromatic rings. The van der Waals surface area contributed by atoms with Gasteiger partial charge in [-0.05, 0) is 37.9 Å². The summed E-state index contributed by atoms with van der Waals surface area (Å²) < 4.78 is 26.0. The Balaban J connectivity index is 3.10. The molecule has 0 aliphatic rings. The first-order chi connectivity index (χ1) is 8.53. The number of hydrogen-bond acceptors (Lipinski definition) is 3. The van der Waals surface area contributed by atoms with Crippen molar-refractivity contribution in [2.75, 3.05) is 23.1 Å². The molecule has 0 fully saturated rings. The number of nitrogens with two attached hydrogens (primary N) is 1. The molecule has 0 amide bonds. The van der Waals surface area contributed by atoms with E-state index in [0.29, 0.717) is 25.9 Å². The van der Waals surface area contributed by atoms with Crippen LogP contribution in [-0.2, 0) is 10.0 Å². The van der Waals surface area contributed by atoms with E-state index in [-0.39, 0.29) is 5.75 Å². The highest BCUT2D eigenvalue weighted by Gasteiger charge is 2.22. The average molecular weight is 270 g/mol. The van der Waals surface area contributed by atoms with Crippen LogP contribution in [0.2, 0.25) is 0 Å². The fourth-order valence-corrected chi connectivity index (χ4v) is 3.50. The molecule has 0 radical (unpaired) electrons. The number of benzene rings is 1. The minimum absolute atomic E-state index is 0.173. The highest BCUT2D eigenvalue weighted by Crippen LogP contribution is 2.23. The van der Waals surface area contributed by atoms with Crippen LogP contribution in [0.1, 0.15) is 25.3 Å². The molecule has 1 aromatic carbocycles. The maximum absolute atomic E-state index is 12.3. The van der Waals surface area contributed by atoms with Crippen LogP contribution in [0.3, 0.4) is 0 Å². The third kappa shape index (κ3) is 3.71. The van der Waals surface area contributed by atoms with Gasteiger partial charge in [-0.25, -0.2) is 8.42 Å². The van der Waals surface area contributed by atoms with Gasteiger partial charge in [0.1, 0.15) is 0 Å². The predicted molar refractivity (Wildman–Crippen MR) is 76.3 cm³/mol. The molecule has 5 heteroatoms. The van der Waals surface area contributed by atoms with Crippen molar-refractivity contribution in [1.29, 1.82) is 0 Å². The molecule has 2 N–H and O–H groups in total. The van der Waals surface area contributed by atoms with Crippen molar-refractivity contribution < 1.29 is 8.42 Å². The van der Waals surface area contributed by atoms with E-state index in [2.05, 4.69) is 0 Å². The van der Waals surface area contributed by atoms with E-state index >= 15 is 0 Å². The summed E-state index contributed by atoms with van der Waals surface area (Å²) in [5.74, 6) is 0.173. The molecule has 0 saturated heterocycles. The second kappa shape index (κ2) is 6.75. The average Bonchev–Trinajstić information content (AvgIpc) is 2.31. The summed E-state index contributed by atoms with van der Waals surface area (Å²) in [4.78, 5) is 0. The van der Waals surface area contributed by atoms with Crippen molar-refractivity contribution in [2.24, 2.45) is 5.73 Å². The van der Waals surface area contributed by atoms with E-state index < -0.39 is 10.0 Å². The van der Waals surface area contributed by atoms with Gasteiger partial charge in [-0.3, -0.25) is 4.31 Å². The number of aryl methyl sites for hydroxylation is 1. The zero-order chi connectivity index (χ0) is 13.6. The number of rotatable bonds is 7. The van der Waals surface area contributed by atoms with Gasteiger partial charge in [0.25, 0.3) is 0 Å². The summed E-state index contributed by atoms with van der Waals surface area (Å²) in [5.41, 5.74) is 7.22. The van der Waals surface area contributed by atoms with E-state index in [1.165, 1.54) is 4.31 Å². The molecule has 0 heterocycles. The molecule has 0 aromatic heterocycles. The van der Waals surface area contributed by atoms with Gasteiger partial charge in [-0.1, -0.05) is 25.1 Å². The van der Waals surface area contributed by atoms with Crippen LogP contribution in [0.15, 0.2) is 24.3 Å². The Bertz CT molecular complexity index is 472. The summed E-state index contributed by atoms with van der Waals surface area (Å²) in [5, 5.41) is 0. The third-order valence-electron chi connectivity index (χ3n) is 2.75. The third-order valence-corrected chi connectivity index (χ3v) is 4.72. The van der Waals surface area contributed by atoms with Crippen molar-refractivity contribution in [2.45, 2.75) is 26.7 Å². The fourth-order valence-electron chi connectivity index (χ4n) is 1.86. The van der Waals surface area contributed by atoms with E-state index in [1.54, 1.807) is 0 Å². The molecule has 0 spiro atoms. The normalized spacial score (nSPS) is 11.5. The molecular weight excluding hydrogens is 248 g/mol. The fraction of sp³-hybridized carbons (Fsp3) is 0.538. The Morgan fingerprint density at radius 3 is 2.50 bits per heavy atom. The van der Waals surface area contributed by atoms with Gasteiger partial charge in [0.2, 0.25) is 10.0 Å². The minimum atomic E-state index is -3.24. The standard InChI is InChI=1S/C13H22N2O2S/c1-3-11-18(16,17)15(10-6-9-14)13-8-5-4-7-12(13)2/h4-5,7-8H,3,6,9-11,14H2,1-2H3. The van der Waals surface area contributed by atoms with Gasteiger partial charge >= 0.3 is 0 Å². The van der Waals surface area contributed by atoms with E-state index in [4.69, 9.17) is 5.73 Å². The summed E-state index contributed by atoms with van der Waals surface area (Å²) in [6.45, 7) is 4.73. The second-order valence-corrected chi connectivity index (χ2v) is 6.33. The van der Waals surface area contributed by atoms with Crippen molar-refractivity contribution in [3.8, 4) is 0 Å². The lowest BCUT2D eigenvalue weighted by Gasteiger charge is -2.25. The Kier molecular flexibility index (Phi) is 5.62. The first kappa shape index (κ1) is 15.0. The van der Waals surface area contributed by atoms with Crippen molar-refractivity contribution >= 4 is 15.7 Å². The number of hydrogen-bond donors (Lipinski definition) is 1. The molecule has 0 saturated carbocycles. The Morgan fingerprint density at radius 1 is 1.28 bits per heavy atom. The predicted octanol–water partition coefficient (Wildman–Crippen LogP) is 1.89. The highest BCUT2D eigenvalue weighted by atomic mass is 32.2. The zero-order valence-electron chi connectivity index (χ0n) is 11.1. The van der Waals surface area contributed by atoms with E-state index in [1.807, 2.05) is 38.1 Å². The van der Waals surface area contributed by atoms with E-state index in [0.717, 1.165) is 11.3 Å². The first-order valence-corrected chi connectivity index (χ1v) is 7.90. The highest BCUT2D eigenvalue weighted by molar-refractivity contribution is 7.92. The molecule has 0 unspecified atom stereocenters. The number of sulfonamides is 1. The van der Waals surface area contributed by atoms with Gasteiger partial charge in [-0.15, -0.1) is 0 Å². The van der Waals surface area contributed by atoms with Gasteiger partial charge in [-0.2, -0.15) is 0 Å². The summed E-state index contributed by atoms with van der Waals surface area (Å²) in [6, 6.07) is 7.54. The monoisotopic (exact) mass is 270 g/mol. The number of nitrogens with zero attached hydrogens (tertiary/aromatic N) is 1. The molecule has 0 aliphatic carbocycles. The van der Waals surface area contributed by atoms with Gasteiger partial charge in [0.05, 0.1) is 11.4 Å². The van der Waals surface area contributed by atoms with Crippen LogP contribution >= 0.6 is 0 Å². The molecule has 1 rings (SSSR count). The number of para-hydroxylation sites is 1. The smallest absolute Gasteiger partial charge is 0.235 e. The molecule has 0 bridgehead atoms. The topological polar surface area (TPSA) is 63.4 Å². The quantitative estimate of drug-likeness (QED) is 0.823. The molecule has 0 aliphatic heterocycles. The molecule has 4 nitrogen and oxygen atoms in total. The van der Waals surface area contributed by atoms with Crippen LogP contribution in [-0.4, -0.2) is 27.3 Å². The lowest BCUT2D eigenvalue weighted by molar-refractivity contribution is 0.588. The molecular formula is C13H22N2O2S. The summed E-state index contributed by atoms with van der Waals surface area (Å²) >= 11 is 0. The molecule has 102 valence electrons. The van der Waals surface area contributed by atoms with Crippen LogP contribution in [0.4, 0.5) is 5.69 Å². The molecule has 0 atom stereocenters. The van der Waals surface area contributed by atoms with Gasteiger partial charge in [0, 0.05) is 6.54 Å². The largest absolute Gasteiger partial charge is 0.330 e. The summed E-state index contributed by atoms with van der Waals surface area (Å²) in [7, 11) is -3.24. The van der Waals surface area contributed by atoms with Crippen LogP contribution in [0.5, 0.6) is 0 Å². The van der Waals surface area contributed by atoms with Gasteiger partial charge < -0.3 is 5.73 Å². The number of anilines is 1. The van der Waals surface area contributed by atoms with Crippen LogP contribution in [0.25, 0.3) is 0 Å². The Hall–Kier alpha value is -1.07. The van der Waals surface area contributed by atoms with Crippen molar-refractivity contribution in [3.05, 3.63) is 29.8 Å². The van der Waals surface area contributed by atoms with Crippen LogP contribution < -0.4 is 10.0 Å². The van der Waals surface area contributed by atoms with Crippen molar-refractivity contribution in [1.82, 2.24) is 0 Å². The minimum Gasteiger partial charge on any atom is -0.330 e. The van der Waals surface area contributed by atoms with Gasteiger partial charge in [0.15, 0.2) is 0 Å². The Morgan fingerprint density at radius 2 is 1.94 bits per heavy atom. The summed E-state index contributed by atoms with van der Waals surface area (Å²) in [6.07, 6.45) is 1.28. The van der Waals surface area contributed by atoms with Crippen LogP contribution in [0, 0.1) is 6.92 Å². The second-order valence-electron chi connectivity index (χ2n) is 4.32. The zero-order valence-corrected chi connectivity index (χ0v) is 11.9. The van der Waals surface area contributed by atoms with Crippen molar-refractivity contribution in [3.63, 3.8) is 0 Å². The maximum Gasteiger partial charge on any atom is 0.235 e. The maximum atomic E-state index is 12.3. The lowest BCUT2D eigenvalue weighted by atomic mass is 10.2. The van der Waals surface area contributed by atoms with E-state index in [9.17, 15) is 8.42 Å². The Labute approximate surface area is 110 Å².